The number of hydrogen-bond acceptors (Lipinski definition) is 6. The summed E-state index contributed by atoms with van der Waals surface area (Å²) in [5, 5.41) is 22.9. The van der Waals surface area contributed by atoms with Gasteiger partial charge in [-0.1, -0.05) is 76.6 Å². The van der Waals surface area contributed by atoms with Gasteiger partial charge < -0.3 is 15.1 Å². The van der Waals surface area contributed by atoms with Gasteiger partial charge in [0, 0.05) is 23.7 Å². The Bertz CT molecular complexity index is 2360. The lowest BCUT2D eigenvalue weighted by Crippen LogP contribution is -2.54. The lowest BCUT2D eigenvalue weighted by molar-refractivity contribution is -0.376. The minimum atomic E-state index is -6.57. The number of halogens is 12. The van der Waals surface area contributed by atoms with Crippen LogP contribution in [0.3, 0.4) is 0 Å². The quantitative estimate of drug-likeness (QED) is 0.0874. The van der Waals surface area contributed by atoms with E-state index in [0.29, 0.717) is 13.1 Å². The molecule has 1 aliphatic heterocycles. The van der Waals surface area contributed by atoms with Crippen LogP contribution in [0.25, 0.3) is 11.1 Å². The van der Waals surface area contributed by atoms with E-state index in [1.165, 1.54) is 44.5 Å². The molecule has 0 saturated heterocycles. The van der Waals surface area contributed by atoms with E-state index in [2.05, 4.69) is 19.2 Å². The van der Waals surface area contributed by atoms with Crippen molar-refractivity contribution in [2.45, 2.75) is 82.4 Å². The summed E-state index contributed by atoms with van der Waals surface area (Å²) in [5.41, 5.74) is -18.8. The molecule has 0 atom stereocenters. The maximum Gasteiger partial charge on any atom is 0.430 e. The molecule has 4 aromatic rings. The molecule has 0 fully saturated rings. The molecule has 5 rings (SSSR count). The van der Waals surface area contributed by atoms with E-state index >= 15 is 0 Å². The highest BCUT2D eigenvalue weighted by Gasteiger charge is 2.73. The number of alkyl halides is 12. The highest BCUT2D eigenvalue weighted by molar-refractivity contribution is 6.22. The molecule has 4 aromatic carbocycles. The normalized spacial score (nSPS) is 13.7. The number of carbonyl (C=O) groups is 4. The molecule has 0 radical (unpaired) electrons. The van der Waals surface area contributed by atoms with Crippen molar-refractivity contribution in [3.63, 3.8) is 0 Å². The van der Waals surface area contributed by atoms with E-state index in [4.69, 9.17) is 0 Å². The number of nitrogens with one attached hydrogen (secondary N) is 1. The maximum atomic E-state index is 14.4. The van der Waals surface area contributed by atoms with Crippen LogP contribution in [0.2, 0.25) is 0 Å². The summed E-state index contributed by atoms with van der Waals surface area (Å²) in [5.74, 6) is -3.93. The topological polar surface area (TPSA) is 124 Å². The molecular formula is C42H36F12N2O6. The molecular weight excluding hydrogens is 856 g/mol. The van der Waals surface area contributed by atoms with E-state index in [1.807, 2.05) is 0 Å². The number of nitrogens with zero attached hydrogens (tertiary/aromatic N) is 1. The Morgan fingerprint density at radius 3 is 1.61 bits per heavy atom. The van der Waals surface area contributed by atoms with Crippen molar-refractivity contribution >= 4 is 29.7 Å². The molecule has 8 nitrogen and oxygen atoms in total. The summed E-state index contributed by atoms with van der Waals surface area (Å²) < 4.78 is 170. The van der Waals surface area contributed by atoms with E-state index in [-0.39, 0.29) is 45.6 Å². The third kappa shape index (κ3) is 8.79. The second kappa shape index (κ2) is 17.2. The van der Waals surface area contributed by atoms with Crippen molar-refractivity contribution in [3.8, 4) is 11.1 Å². The zero-order valence-electron chi connectivity index (χ0n) is 33.0. The number of benzene rings is 4. The van der Waals surface area contributed by atoms with Crippen molar-refractivity contribution < 1.29 is 82.1 Å². The molecule has 0 aromatic heterocycles. The lowest BCUT2D eigenvalue weighted by atomic mass is 9.82. The lowest BCUT2D eigenvalue weighted by Gasteiger charge is -2.36. The van der Waals surface area contributed by atoms with E-state index < -0.39 is 111 Å². The number of fused-ring (bicyclic) bond motifs is 1. The van der Waals surface area contributed by atoms with Crippen LogP contribution in [-0.4, -0.2) is 66.0 Å². The summed E-state index contributed by atoms with van der Waals surface area (Å²) in [6.07, 6.45) is -25.4. The first kappa shape index (κ1) is 48.9. The van der Waals surface area contributed by atoms with Crippen LogP contribution >= 0.6 is 0 Å². The zero-order chi connectivity index (χ0) is 47.1. The summed E-state index contributed by atoms with van der Waals surface area (Å²) in [4.78, 5) is 50.4. The fourth-order valence-electron chi connectivity index (χ4n) is 6.63. The number of aliphatic hydroxyl groups is 2. The van der Waals surface area contributed by atoms with Gasteiger partial charge in [-0.15, -0.1) is 0 Å². The van der Waals surface area contributed by atoms with Crippen LogP contribution in [-0.2, 0) is 17.6 Å². The van der Waals surface area contributed by atoms with Crippen molar-refractivity contribution in [1.29, 1.82) is 0 Å². The molecule has 1 aliphatic rings. The predicted molar refractivity (Wildman–Crippen MR) is 200 cm³/mol. The summed E-state index contributed by atoms with van der Waals surface area (Å²) in [6, 6.07) is 10.6. The number of imide groups is 1. The molecule has 20 heteroatoms. The summed E-state index contributed by atoms with van der Waals surface area (Å²) in [6.45, 7) is 6.65. The van der Waals surface area contributed by atoms with Gasteiger partial charge in [0.2, 0.25) is 0 Å². The largest absolute Gasteiger partial charge is 0.430 e. The summed E-state index contributed by atoms with van der Waals surface area (Å²) >= 11 is 0. The molecule has 3 N–H and O–H groups in total. The molecule has 62 heavy (non-hydrogen) atoms. The van der Waals surface area contributed by atoms with Crippen LogP contribution in [0.4, 0.5) is 58.4 Å². The number of anilines is 1. The minimum Gasteiger partial charge on any atom is -0.369 e. The first-order valence-electron chi connectivity index (χ1n) is 18.3. The van der Waals surface area contributed by atoms with E-state index in [1.54, 1.807) is 0 Å². The van der Waals surface area contributed by atoms with Gasteiger partial charge in [0.15, 0.2) is 6.29 Å². The average Bonchev–Trinajstić information content (AvgIpc) is 3.46. The first-order chi connectivity index (χ1) is 28.4. The van der Waals surface area contributed by atoms with Gasteiger partial charge in [0.1, 0.15) is 0 Å². The third-order valence-corrected chi connectivity index (χ3v) is 9.78. The Morgan fingerprint density at radius 1 is 0.661 bits per heavy atom. The maximum absolute atomic E-state index is 14.4. The van der Waals surface area contributed by atoms with Gasteiger partial charge in [-0.3, -0.25) is 24.5 Å². The van der Waals surface area contributed by atoms with Crippen LogP contribution in [0.1, 0.15) is 109 Å². The van der Waals surface area contributed by atoms with Crippen LogP contribution in [0.5, 0.6) is 0 Å². The van der Waals surface area contributed by atoms with Crippen molar-refractivity contribution in [2.75, 3.05) is 11.9 Å². The number of rotatable bonds is 9. The number of hydrogen-bond donors (Lipinski definition) is 3. The molecule has 0 aliphatic carbocycles. The molecule has 334 valence electrons. The smallest absolute Gasteiger partial charge is 0.369 e. The van der Waals surface area contributed by atoms with Crippen LogP contribution in [0, 0.1) is 0 Å². The highest BCUT2D eigenvalue weighted by Crippen LogP contribution is 2.54. The van der Waals surface area contributed by atoms with Crippen LogP contribution < -0.4 is 10.2 Å². The molecule has 0 bridgehead atoms. The van der Waals surface area contributed by atoms with Crippen molar-refractivity contribution in [2.24, 2.45) is 0 Å². The Kier molecular flexibility index (Phi) is 13.6. The monoisotopic (exact) mass is 892 g/mol. The van der Waals surface area contributed by atoms with Crippen molar-refractivity contribution in [1.82, 2.24) is 5.32 Å². The Hall–Kier alpha value is -5.76. The molecule has 0 unspecified atom stereocenters. The molecule has 0 saturated carbocycles. The summed E-state index contributed by atoms with van der Waals surface area (Å²) in [7, 11) is 0.701. The predicted octanol–water partition coefficient (Wildman–Crippen LogP) is 10.1. The average molecular weight is 893 g/mol. The standard InChI is InChI=1S/C39H28F12N2O6.C3H8/c1-18(2)24-9-4-19(13-28(24)34(58,36(40,41)42)37(43,44)45)12-20-5-11-30(29(14-20)35(59,38(46,47)48)39(49,50)51)53(3)33(57)26-15-21(6-7-23(26)17-54)22-8-10-25-27(16-22)32(56)52-31(25)55;1-3-2/h4-11,13-18,58-59H,12H2,1-3H3,(H,52,55,56);3H2,1-2H3. The Labute approximate surface area is 345 Å². The Morgan fingerprint density at radius 2 is 1.11 bits per heavy atom. The van der Waals surface area contributed by atoms with Gasteiger partial charge in [-0.25, -0.2) is 0 Å². The fourth-order valence-corrected chi connectivity index (χ4v) is 6.63. The molecule has 0 spiro atoms. The van der Waals surface area contributed by atoms with Gasteiger partial charge in [-0.2, -0.15) is 52.7 Å². The molecule has 1 heterocycles. The van der Waals surface area contributed by atoms with Crippen molar-refractivity contribution in [3.05, 3.63) is 123 Å². The van der Waals surface area contributed by atoms with Gasteiger partial charge in [-0.05, 0) is 70.5 Å². The van der Waals surface area contributed by atoms with Crippen LogP contribution in [0.15, 0.2) is 72.8 Å². The van der Waals surface area contributed by atoms with E-state index in [9.17, 15) is 82.1 Å². The van der Waals surface area contributed by atoms with Gasteiger partial charge >= 0.3 is 24.7 Å². The molecule has 3 amide bonds. The number of carbonyl (C=O) groups excluding carboxylic acids is 4. The number of amides is 3. The SMILES string of the molecule is CC(C)c1ccc(Cc2ccc(N(C)C(=O)c3cc(-c4ccc5c(c4)C(=O)NC5=O)ccc3C=O)c(C(O)(C(F)(F)F)C(F)(F)F)c2)cc1C(O)(C(F)(F)F)C(F)(F)F.CCC. The second-order valence-corrected chi connectivity index (χ2v) is 14.6. The fraction of sp³-hybridized carbons (Fsp3) is 0.333. The number of aldehydes is 1. The Balaban J connectivity index is 0.00000273. The van der Waals surface area contributed by atoms with E-state index in [0.717, 1.165) is 30.3 Å². The zero-order valence-corrected chi connectivity index (χ0v) is 33.0. The third-order valence-electron chi connectivity index (χ3n) is 9.78. The highest BCUT2D eigenvalue weighted by atomic mass is 19.4. The second-order valence-electron chi connectivity index (χ2n) is 14.6. The van der Waals surface area contributed by atoms with Gasteiger partial charge in [0.05, 0.1) is 22.4 Å². The minimum absolute atomic E-state index is 0.00854. The van der Waals surface area contributed by atoms with Gasteiger partial charge in [0.25, 0.3) is 28.9 Å². The first-order valence-corrected chi connectivity index (χ1v) is 18.3.